The van der Waals surface area contributed by atoms with Gasteiger partial charge in [-0.1, -0.05) is 19.9 Å². The zero-order valence-corrected chi connectivity index (χ0v) is 23.2. The first-order valence-electron chi connectivity index (χ1n) is 13.8. The lowest BCUT2D eigenvalue weighted by Gasteiger charge is -2.43. The van der Waals surface area contributed by atoms with Crippen LogP contribution >= 0.6 is 0 Å². The van der Waals surface area contributed by atoms with E-state index in [1.807, 2.05) is 13.8 Å². The second-order valence-corrected chi connectivity index (χ2v) is 12.0. The van der Waals surface area contributed by atoms with Gasteiger partial charge < -0.3 is 19.9 Å². The van der Waals surface area contributed by atoms with E-state index >= 15 is 0 Å². The van der Waals surface area contributed by atoms with Crippen molar-refractivity contribution in [1.82, 2.24) is 20.1 Å². The van der Waals surface area contributed by atoms with Gasteiger partial charge in [0.05, 0.1) is 25.4 Å². The first-order chi connectivity index (χ1) is 18.5. The minimum absolute atomic E-state index is 0.00625. The number of rotatable bonds is 6. The Kier molecular flexibility index (Phi) is 7.92. The highest BCUT2D eigenvalue weighted by atomic mass is 19.1. The summed E-state index contributed by atoms with van der Waals surface area (Å²) in [4.78, 5) is 36.3. The van der Waals surface area contributed by atoms with Crippen LogP contribution in [0.15, 0.2) is 29.1 Å². The lowest BCUT2D eigenvalue weighted by Crippen LogP contribution is -2.62. The van der Waals surface area contributed by atoms with Gasteiger partial charge in [0, 0.05) is 80.0 Å². The molecule has 1 aromatic carbocycles. The van der Waals surface area contributed by atoms with Gasteiger partial charge in [-0.2, -0.15) is 0 Å². The molecule has 2 aromatic rings. The number of nitrogens with zero attached hydrogens (tertiary/aromatic N) is 3. The number of morpholine rings is 1. The fourth-order valence-corrected chi connectivity index (χ4v) is 6.04. The summed E-state index contributed by atoms with van der Waals surface area (Å²) in [6.07, 6.45) is 0.00625. The molecule has 0 aliphatic carbocycles. The number of piperazine rings is 1. The summed E-state index contributed by atoms with van der Waals surface area (Å²) in [7, 11) is 0. The van der Waals surface area contributed by atoms with Crippen molar-refractivity contribution in [3.05, 3.63) is 63.1 Å². The molecule has 3 aliphatic heterocycles. The van der Waals surface area contributed by atoms with E-state index < -0.39 is 17.0 Å². The standard InChI is InChI=1S/C29H39F2N5O3/c1-18-13-35(23(12-32-18)14-34-7-8-39-16-19(34)2)15-26(37)36-17-29(3,4)27-25(36)10-21(28(38)33-27)9-20-5-6-22(30)11-24(20)31/h5-6,10-11,18-19,23,32H,7-9,12-17H2,1-4H3,(H,33,38)/t18-,19-,23-/m1/s1. The van der Waals surface area contributed by atoms with E-state index in [2.05, 4.69) is 33.9 Å². The van der Waals surface area contributed by atoms with Crippen molar-refractivity contribution in [3.63, 3.8) is 0 Å². The molecule has 212 valence electrons. The van der Waals surface area contributed by atoms with Crippen LogP contribution < -0.4 is 15.8 Å². The third kappa shape index (κ3) is 5.94. The maximum Gasteiger partial charge on any atom is 0.251 e. The highest BCUT2D eigenvalue weighted by molar-refractivity contribution is 5.97. The number of aromatic nitrogens is 1. The van der Waals surface area contributed by atoms with Crippen LogP contribution in [0.5, 0.6) is 0 Å². The summed E-state index contributed by atoms with van der Waals surface area (Å²) < 4.78 is 33.4. The molecule has 1 amide bonds. The SMILES string of the molecule is C[C@@H]1CN(CC(=O)N2CC(C)(C)c3[nH]c(=O)c(Cc4ccc(F)cc4F)cc32)[C@@H](CN2CCOC[C@H]2C)CN1. The van der Waals surface area contributed by atoms with Gasteiger partial charge in [0.25, 0.3) is 5.56 Å². The molecule has 10 heteroatoms. The highest BCUT2D eigenvalue weighted by Crippen LogP contribution is 2.39. The average Bonchev–Trinajstić information content (AvgIpc) is 3.13. The zero-order chi connectivity index (χ0) is 27.9. The highest BCUT2D eigenvalue weighted by Gasteiger charge is 2.41. The number of carbonyl (C=O) groups is 1. The molecule has 5 rings (SSSR count). The number of H-pyrrole nitrogens is 1. The number of nitrogens with one attached hydrogen (secondary N) is 2. The molecule has 3 aliphatic rings. The molecule has 3 atom stereocenters. The molecular formula is C29H39F2N5O3. The summed E-state index contributed by atoms with van der Waals surface area (Å²) in [6, 6.07) is 5.85. The van der Waals surface area contributed by atoms with Gasteiger partial charge in [0.2, 0.25) is 5.91 Å². The van der Waals surface area contributed by atoms with Gasteiger partial charge in [-0.3, -0.25) is 19.4 Å². The second-order valence-electron chi connectivity index (χ2n) is 12.0. The molecule has 0 spiro atoms. The molecule has 0 saturated carbocycles. The Balaban J connectivity index is 1.37. The Morgan fingerprint density at radius 3 is 2.69 bits per heavy atom. The van der Waals surface area contributed by atoms with Gasteiger partial charge in [0.15, 0.2) is 0 Å². The predicted octanol–water partition coefficient (Wildman–Crippen LogP) is 2.25. The summed E-state index contributed by atoms with van der Waals surface area (Å²) in [5.41, 5.74) is 1.16. The molecule has 0 radical (unpaired) electrons. The minimum Gasteiger partial charge on any atom is -0.379 e. The molecule has 2 fully saturated rings. The summed E-state index contributed by atoms with van der Waals surface area (Å²) in [6.45, 7) is 13.8. The van der Waals surface area contributed by atoms with E-state index in [9.17, 15) is 18.4 Å². The summed E-state index contributed by atoms with van der Waals surface area (Å²) in [5.74, 6) is -1.39. The quantitative estimate of drug-likeness (QED) is 0.582. The Bertz CT molecular complexity index is 1280. The second kappa shape index (κ2) is 11.1. The first kappa shape index (κ1) is 27.9. The maximum atomic E-state index is 14.4. The number of aromatic amines is 1. The number of hydrogen-bond acceptors (Lipinski definition) is 6. The predicted molar refractivity (Wildman–Crippen MR) is 146 cm³/mol. The van der Waals surface area contributed by atoms with E-state index in [0.29, 0.717) is 29.5 Å². The van der Waals surface area contributed by atoms with Crippen LogP contribution in [-0.2, 0) is 21.4 Å². The Morgan fingerprint density at radius 1 is 1.15 bits per heavy atom. The van der Waals surface area contributed by atoms with Crippen LogP contribution in [0.2, 0.25) is 0 Å². The molecule has 4 heterocycles. The number of halogens is 2. The van der Waals surface area contributed by atoms with E-state index in [1.165, 1.54) is 12.1 Å². The smallest absolute Gasteiger partial charge is 0.251 e. The number of ether oxygens (including phenoxy) is 1. The average molecular weight is 544 g/mol. The van der Waals surface area contributed by atoms with E-state index in [1.54, 1.807) is 11.0 Å². The van der Waals surface area contributed by atoms with Crippen LogP contribution in [0, 0.1) is 11.6 Å². The number of amides is 1. The topological polar surface area (TPSA) is 80.9 Å². The molecule has 0 unspecified atom stereocenters. The lowest BCUT2D eigenvalue weighted by atomic mass is 9.91. The largest absolute Gasteiger partial charge is 0.379 e. The van der Waals surface area contributed by atoms with Crippen LogP contribution in [0.3, 0.4) is 0 Å². The van der Waals surface area contributed by atoms with Gasteiger partial charge >= 0.3 is 0 Å². The van der Waals surface area contributed by atoms with Crippen molar-refractivity contribution in [2.24, 2.45) is 0 Å². The minimum atomic E-state index is -0.698. The van der Waals surface area contributed by atoms with Crippen LogP contribution in [0.25, 0.3) is 0 Å². The Labute approximate surface area is 228 Å². The van der Waals surface area contributed by atoms with Gasteiger partial charge in [0.1, 0.15) is 11.6 Å². The molecule has 39 heavy (non-hydrogen) atoms. The van der Waals surface area contributed by atoms with Crippen LogP contribution in [0.1, 0.15) is 44.5 Å². The van der Waals surface area contributed by atoms with E-state index in [-0.39, 0.29) is 42.1 Å². The van der Waals surface area contributed by atoms with Gasteiger partial charge in [-0.25, -0.2) is 8.78 Å². The number of pyridine rings is 1. The molecule has 2 N–H and O–H groups in total. The number of benzene rings is 1. The van der Waals surface area contributed by atoms with Crippen molar-refractivity contribution in [2.75, 3.05) is 57.4 Å². The van der Waals surface area contributed by atoms with Crippen molar-refractivity contribution >= 4 is 11.6 Å². The normalized spacial score (nSPS) is 25.6. The fourth-order valence-electron chi connectivity index (χ4n) is 6.04. The van der Waals surface area contributed by atoms with Crippen molar-refractivity contribution < 1.29 is 18.3 Å². The van der Waals surface area contributed by atoms with Crippen molar-refractivity contribution in [1.29, 1.82) is 0 Å². The number of carbonyl (C=O) groups excluding carboxylic acids is 1. The zero-order valence-electron chi connectivity index (χ0n) is 23.2. The Morgan fingerprint density at radius 2 is 1.95 bits per heavy atom. The summed E-state index contributed by atoms with van der Waals surface area (Å²) in [5, 5.41) is 3.56. The third-order valence-corrected chi connectivity index (χ3v) is 8.33. The molecule has 1 aromatic heterocycles. The van der Waals surface area contributed by atoms with Crippen molar-refractivity contribution in [2.45, 2.75) is 57.7 Å². The number of anilines is 1. The van der Waals surface area contributed by atoms with Crippen LogP contribution in [0.4, 0.5) is 14.5 Å². The molecule has 2 saturated heterocycles. The van der Waals surface area contributed by atoms with E-state index in [0.717, 1.165) is 45.5 Å². The fraction of sp³-hybridized carbons (Fsp3) is 0.586. The Hall–Kier alpha value is -2.66. The lowest BCUT2D eigenvalue weighted by molar-refractivity contribution is -0.121. The molecule has 0 bridgehead atoms. The first-order valence-corrected chi connectivity index (χ1v) is 13.8. The maximum absolute atomic E-state index is 14.4. The summed E-state index contributed by atoms with van der Waals surface area (Å²) >= 11 is 0. The molecular weight excluding hydrogens is 504 g/mol. The van der Waals surface area contributed by atoms with Crippen molar-refractivity contribution in [3.8, 4) is 0 Å². The number of fused-ring (bicyclic) bond motifs is 1. The monoisotopic (exact) mass is 543 g/mol. The van der Waals surface area contributed by atoms with Gasteiger partial charge in [-0.05, 0) is 31.5 Å². The van der Waals surface area contributed by atoms with Crippen LogP contribution in [-0.4, -0.2) is 91.3 Å². The van der Waals surface area contributed by atoms with Gasteiger partial charge in [-0.15, -0.1) is 0 Å². The van der Waals surface area contributed by atoms with E-state index in [4.69, 9.17) is 4.74 Å². The number of hydrogen-bond donors (Lipinski definition) is 2. The third-order valence-electron chi connectivity index (χ3n) is 8.33. The molecule has 8 nitrogen and oxygen atoms in total.